The van der Waals surface area contributed by atoms with Gasteiger partial charge in [-0.05, 0) is 43.7 Å². The molecule has 1 heterocycles. The second-order valence-corrected chi connectivity index (χ2v) is 7.41. The number of halogens is 1. The molecule has 3 N–H and O–H groups in total. The van der Waals surface area contributed by atoms with Gasteiger partial charge in [-0.25, -0.2) is 0 Å². The fourth-order valence-corrected chi connectivity index (χ4v) is 3.70. The van der Waals surface area contributed by atoms with Crippen molar-refractivity contribution in [3.63, 3.8) is 0 Å². The molecule has 3 nitrogen and oxygen atoms in total. The van der Waals surface area contributed by atoms with Crippen LogP contribution >= 0.6 is 27.7 Å². The summed E-state index contributed by atoms with van der Waals surface area (Å²) < 4.78 is 1.06. The smallest absolute Gasteiger partial charge is 0.253 e. The maximum atomic E-state index is 12.1. The molecule has 1 aromatic rings. The maximum absolute atomic E-state index is 12.1. The number of carbonyl (C=O) groups excluding carboxylic acids is 1. The Kier molecular flexibility index (Phi) is 4.22. The minimum absolute atomic E-state index is 0.0891. The topological polar surface area (TPSA) is 55.1 Å². The Hall–Kier alpha value is -0.680. The number of carbonyl (C=O) groups is 1. The first-order chi connectivity index (χ1) is 8.50. The lowest BCUT2D eigenvalue weighted by molar-refractivity contribution is 0.0951. The van der Waals surface area contributed by atoms with Crippen molar-refractivity contribution in [1.29, 1.82) is 0 Å². The Morgan fingerprint density at radius 2 is 2.39 bits per heavy atom. The molecule has 1 unspecified atom stereocenters. The number of hydrogen-bond donors (Lipinski definition) is 2. The van der Waals surface area contributed by atoms with Gasteiger partial charge in [-0.2, -0.15) is 11.8 Å². The highest BCUT2D eigenvalue weighted by atomic mass is 79.9. The van der Waals surface area contributed by atoms with Crippen molar-refractivity contribution in [3.8, 4) is 0 Å². The third-order valence-electron chi connectivity index (χ3n) is 3.18. The minimum atomic E-state index is -0.0891. The largest absolute Gasteiger partial charge is 0.398 e. The summed E-state index contributed by atoms with van der Waals surface area (Å²) in [7, 11) is 0. The van der Waals surface area contributed by atoms with Gasteiger partial charge in [-0.3, -0.25) is 4.79 Å². The summed E-state index contributed by atoms with van der Waals surface area (Å²) >= 11 is 5.27. The highest BCUT2D eigenvalue weighted by Gasteiger charge is 2.29. The van der Waals surface area contributed by atoms with Crippen molar-refractivity contribution < 1.29 is 4.79 Å². The summed E-state index contributed by atoms with van der Waals surface area (Å²) in [6, 6.07) is 5.33. The first-order valence-corrected chi connectivity index (χ1v) is 7.75. The molecule has 0 spiro atoms. The molecule has 2 rings (SSSR count). The SMILES string of the molecule is CC1(CNC(=O)c2ccc(Br)cc2N)CCCS1. The summed E-state index contributed by atoms with van der Waals surface area (Å²) in [5.41, 5.74) is 6.89. The van der Waals surface area contributed by atoms with E-state index in [2.05, 4.69) is 28.2 Å². The van der Waals surface area contributed by atoms with E-state index in [4.69, 9.17) is 5.73 Å². The molecule has 0 aliphatic carbocycles. The molecule has 1 saturated heterocycles. The van der Waals surface area contributed by atoms with Crippen molar-refractivity contribution in [3.05, 3.63) is 28.2 Å². The Labute approximate surface area is 120 Å². The first-order valence-electron chi connectivity index (χ1n) is 5.97. The monoisotopic (exact) mass is 328 g/mol. The van der Waals surface area contributed by atoms with Crippen LogP contribution in [0.15, 0.2) is 22.7 Å². The highest BCUT2D eigenvalue weighted by Crippen LogP contribution is 2.37. The molecule has 1 aromatic carbocycles. The molecule has 18 heavy (non-hydrogen) atoms. The molecule has 0 aromatic heterocycles. The van der Waals surface area contributed by atoms with Crippen LogP contribution in [0.5, 0.6) is 0 Å². The standard InChI is InChI=1S/C13H17BrN2OS/c1-13(5-2-6-18-13)8-16-12(17)10-4-3-9(14)7-11(10)15/h3-4,7H,2,5-6,8,15H2,1H3,(H,16,17). The molecule has 5 heteroatoms. The van der Waals surface area contributed by atoms with Gasteiger partial charge in [0, 0.05) is 21.5 Å². The van der Waals surface area contributed by atoms with Crippen molar-refractivity contribution >= 4 is 39.3 Å². The number of nitrogen functional groups attached to an aromatic ring is 1. The average molecular weight is 329 g/mol. The van der Waals surface area contributed by atoms with E-state index in [1.54, 1.807) is 12.1 Å². The number of rotatable bonds is 3. The van der Waals surface area contributed by atoms with Crippen LogP contribution in [0.25, 0.3) is 0 Å². The second kappa shape index (κ2) is 5.53. The van der Waals surface area contributed by atoms with E-state index < -0.39 is 0 Å². The van der Waals surface area contributed by atoms with E-state index in [1.807, 2.05) is 17.8 Å². The Morgan fingerprint density at radius 3 is 3.00 bits per heavy atom. The van der Waals surface area contributed by atoms with E-state index in [0.717, 1.165) is 10.9 Å². The van der Waals surface area contributed by atoms with Gasteiger partial charge < -0.3 is 11.1 Å². The number of thioether (sulfide) groups is 1. The Morgan fingerprint density at radius 1 is 1.61 bits per heavy atom. The number of nitrogens with one attached hydrogen (secondary N) is 1. The van der Waals surface area contributed by atoms with E-state index in [0.29, 0.717) is 17.8 Å². The van der Waals surface area contributed by atoms with Gasteiger partial charge in [0.05, 0.1) is 5.56 Å². The van der Waals surface area contributed by atoms with Gasteiger partial charge in [0.15, 0.2) is 0 Å². The predicted octanol–water partition coefficient (Wildman–Crippen LogP) is 3.05. The van der Waals surface area contributed by atoms with Gasteiger partial charge in [0.2, 0.25) is 0 Å². The number of nitrogens with two attached hydrogens (primary N) is 1. The molecule has 0 saturated carbocycles. The fourth-order valence-electron chi connectivity index (χ4n) is 2.08. The zero-order valence-corrected chi connectivity index (χ0v) is 12.7. The number of hydrogen-bond acceptors (Lipinski definition) is 3. The molecule has 1 amide bonds. The summed E-state index contributed by atoms with van der Waals surface area (Å²) in [5, 5.41) is 2.99. The van der Waals surface area contributed by atoms with Crippen LogP contribution in [-0.2, 0) is 0 Å². The Bertz CT molecular complexity index is 458. The normalized spacial score (nSPS) is 23.0. The van der Waals surface area contributed by atoms with Gasteiger partial charge in [0.25, 0.3) is 5.91 Å². The molecule has 98 valence electrons. The van der Waals surface area contributed by atoms with Crippen LogP contribution < -0.4 is 11.1 Å². The lowest BCUT2D eigenvalue weighted by Crippen LogP contribution is -2.37. The third-order valence-corrected chi connectivity index (χ3v) is 5.21. The van der Waals surface area contributed by atoms with E-state index in [-0.39, 0.29) is 10.7 Å². The predicted molar refractivity (Wildman–Crippen MR) is 81.0 cm³/mol. The van der Waals surface area contributed by atoms with Crippen molar-refractivity contribution in [2.45, 2.75) is 24.5 Å². The third kappa shape index (κ3) is 3.20. The lowest BCUT2D eigenvalue weighted by atomic mass is 10.1. The molecule has 0 radical (unpaired) electrons. The van der Waals surface area contributed by atoms with Crippen LogP contribution in [0.3, 0.4) is 0 Å². The van der Waals surface area contributed by atoms with Crippen LogP contribution in [-0.4, -0.2) is 23.0 Å². The number of anilines is 1. The summed E-state index contributed by atoms with van der Waals surface area (Å²) in [6.45, 7) is 2.90. The quantitative estimate of drug-likeness (QED) is 0.838. The first kappa shape index (κ1) is 13.7. The number of amides is 1. The molecule has 0 bridgehead atoms. The molecule has 1 fully saturated rings. The molecule has 1 atom stereocenters. The van der Waals surface area contributed by atoms with Gasteiger partial charge in [-0.1, -0.05) is 15.9 Å². The molecular formula is C13H17BrN2OS. The molecule has 1 aliphatic heterocycles. The van der Waals surface area contributed by atoms with Crippen molar-refractivity contribution in [1.82, 2.24) is 5.32 Å². The highest BCUT2D eigenvalue weighted by molar-refractivity contribution is 9.10. The number of benzene rings is 1. The summed E-state index contributed by atoms with van der Waals surface area (Å²) in [6.07, 6.45) is 2.39. The van der Waals surface area contributed by atoms with Crippen LogP contribution in [0.1, 0.15) is 30.1 Å². The zero-order chi connectivity index (χ0) is 13.2. The van der Waals surface area contributed by atoms with E-state index in [1.165, 1.54) is 12.2 Å². The fraction of sp³-hybridized carbons (Fsp3) is 0.462. The van der Waals surface area contributed by atoms with Gasteiger partial charge in [0.1, 0.15) is 0 Å². The lowest BCUT2D eigenvalue weighted by Gasteiger charge is -2.23. The van der Waals surface area contributed by atoms with E-state index in [9.17, 15) is 4.79 Å². The van der Waals surface area contributed by atoms with Gasteiger partial charge in [-0.15, -0.1) is 0 Å². The summed E-state index contributed by atoms with van der Waals surface area (Å²) in [4.78, 5) is 12.1. The zero-order valence-electron chi connectivity index (χ0n) is 10.3. The molecular weight excluding hydrogens is 312 g/mol. The van der Waals surface area contributed by atoms with Crippen molar-refractivity contribution in [2.75, 3.05) is 18.0 Å². The minimum Gasteiger partial charge on any atom is -0.398 e. The van der Waals surface area contributed by atoms with Crippen molar-refractivity contribution in [2.24, 2.45) is 0 Å². The van der Waals surface area contributed by atoms with Gasteiger partial charge >= 0.3 is 0 Å². The van der Waals surface area contributed by atoms with Crippen LogP contribution in [0, 0.1) is 0 Å². The molecule has 1 aliphatic rings. The second-order valence-electron chi connectivity index (χ2n) is 4.82. The van der Waals surface area contributed by atoms with Crippen LogP contribution in [0.4, 0.5) is 5.69 Å². The Balaban J connectivity index is 1.99. The summed E-state index contributed by atoms with van der Waals surface area (Å²) in [5.74, 6) is 1.10. The van der Waals surface area contributed by atoms with Crippen LogP contribution in [0.2, 0.25) is 0 Å². The maximum Gasteiger partial charge on any atom is 0.253 e. The van der Waals surface area contributed by atoms with E-state index >= 15 is 0 Å². The average Bonchev–Trinajstić information content (AvgIpc) is 2.74.